The first kappa shape index (κ1) is 22.2. The van der Waals surface area contributed by atoms with Crippen molar-refractivity contribution in [1.29, 1.82) is 0 Å². The number of nitrogens with zero attached hydrogens (tertiary/aromatic N) is 4. The zero-order chi connectivity index (χ0) is 23.3. The second-order valence-electron chi connectivity index (χ2n) is 8.53. The molecule has 2 aliphatic rings. The fourth-order valence-electron chi connectivity index (χ4n) is 4.48. The van der Waals surface area contributed by atoms with Crippen LogP contribution in [-0.2, 0) is 4.74 Å². The number of benzene rings is 1. The highest BCUT2D eigenvalue weighted by molar-refractivity contribution is 5.92. The maximum Gasteiger partial charge on any atom is 0.269 e. The van der Waals surface area contributed by atoms with Crippen LogP contribution in [0.2, 0.25) is 0 Å². The minimum Gasteiger partial charge on any atom is -0.488 e. The molecule has 1 fully saturated rings. The quantitative estimate of drug-likeness (QED) is 0.576. The number of amides is 1. The van der Waals surface area contributed by atoms with Crippen LogP contribution >= 0.6 is 0 Å². The van der Waals surface area contributed by atoms with E-state index in [1.807, 2.05) is 0 Å². The largest absolute Gasteiger partial charge is 0.488 e. The van der Waals surface area contributed by atoms with E-state index in [1.54, 1.807) is 31.7 Å². The summed E-state index contributed by atoms with van der Waals surface area (Å²) in [6.45, 7) is 1.37. The van der Waals surface area contributed by atoms with E-state index in [-0.39, 0.29) is 18.1 Å². The second-order valence-corrected chi connectivity index (χ2v) is 8.53. The molecule has 34 heavy (non-hydrogen) atoms. The van der Waals surface area contributed by atoms with Crippen LogP contribution in [0.1, 0.15) is 48.2 Å². The van der Waals surface area contributed by atoms with Crippen LogP contribution in [0.3, 0.4) is 0 Å². The number of fused-ring (bicyclic) bond motifs is 1. The minimum atomic E-state index is -0.225. The third-order valence-electron chi connectivity index (χ3n) is 6.29. The lowest BCUT2D eigenvalue weighted by Crippen LogP contribution is -2.32. The first-order chi connectivity index (χ1) is 16.7. The molecule has 0 radical (unpaired) electrons. The van der Waals surface area contributed by atoms with Gasteiger partial charge in [0.1, 0.15) is 17.0 Å². The molecule has 3 heterocycles. The summed E-state index contributed by atoms with van der Waals surface area (Å²) in [6.07, 6.45) is 11.8. The summed E-state index contributed by atoms with van der Waals surface area (Å²) in [4.78, 5) is 29.5. The van der Waals surface area contributed by atoms with Crippen molar-refractivity contribution in [1.82, 2.24) is 25.3 Å². The molecule has 3 aromatic rings. The number of ether oxygens (including phenoxy) is 2. The molecule has 1 amide bonds. The molecule has 0 bridgehead atoms. The van der Waals surface area contributed by atoms with Crippen LogP contribution in [0, 0.1) is 0 Å². The molecule has 1 aliphatic carbocycles. The Labute approximate surface area is 198 Å². The molecule has 9 nitrogen and oxygen atoms in total. The Morgan fingerprint density at radius 1 is 1.09 bits per heavy atom. The predicted octanol–water partition coefficient (Wildman–Crippen LogP) is 3.39. The SMILES string of the molecule is CNC(=O)c1ccnc(NC2CCC(Oc3cc(C4=CCOCC4)cc4nccnc34)CC2)n1. The lowest BCUT2D eigenvalue weighted by molar-refractivity contribution is 0.0958. The van der Waals surface area contributed by atoms with Crippen molar-refractivity contribution in [3.63, 3.8) is 0 Å². The average molecular weight is 461 g/mol. The zero-order valence-corrected chi connectivity index (χ0v) is 19.2. The van der Waals surface area contributed by atoms with E-state index in [2.05, 4.69) is 48.8 Å². The minimum absolute atomic E-state index is 0.0975. The number of rotatable bonds is 6. The molecule has 2 aromatic heterocycles. The van der Waals surface area contributed by atoms with Gasteiger partial charge in [0.2, 0.25) is 5.95 Å². The molecular formula is C25H28N6O3. The van der Waals surface area contributed by atoms with Gasteiger partial charge in [0, 0.05) is 31.7 Å². The van der Waals surface area contributed by atoms with Crippen LogP contribution in [0.15, 0.2) is 42.9 Å². The summed E-state index contributed by atoms with van der Waals surface area (Å²) in [5.41, 5.74) is 4.36. The third-order valence-corrected chi connectivity index (χ3v) is 6.29. The van der Waals surface area contributed by atoms with Crippen LogP contribution in [0.25, 0.3) is 16.6 Å². The number of hydrogen-bond donors (Lipinski definition) is 2. The standard InChI is InChI=1S/C25H28N6O3/c1-26-24(32)20-6-9-29-25(31-20)30-18-2-4-19(5-3-18)34-22-15-17(16-7-12-33-13-8-16)14-21-23(22)28-11-10-27-21/h6-7,9-11,14-15,18-19H,2-5,8,12-13H2,1H3,(H,26,32)(H,29,30,31). The van der Waals surface area contributed by atoms with Gasteiger partial charge >= 0.3 is 0 Å². The highest BCUT2D eigenvalue weighted by Crippen LogP contribution is 2.33. The summed E-state index contributed by atoms with van der Waals surface area (Å²) in [5, 5.41) is 5.95. The van der Waals surface area contributed by atoms with Crippen molar-refractivity contribution in [2.24, 2.45) is 0 Å². The summed E-state index contributed by atoms with van der Waals surface area (Å²) in [7, 11) is 1.59. The van der Waals surface area contributed by atoms with Crippen LogP contribution < -0.4 is 15.4 Å². The van der Waals surface area contributed by atoms with Gasteiger partial charge in [0.15, 0.2) is 0 Å². The Morgan fingerprint density at radius 2 is 1.94 bits per heavy atom. The molecular weight excluding hydrogens is 432 g/mol. The Balaban J connectivity index is 1.26. The van der Waals surface area contributed by atoms with E-state index in [9.17, 15) is 4.79 Å². The monoisotopic (exact) mass is 460 g/mol. The molecule has 0 unspecified atom stereocenters. The molecule has 9 heteroatoms. The number of carbonyl (C=O) groups excluding carboxylic acids is 1. The Kier molecular flexibility index (Phi) is 6.62. The number of hydrogen-bond acceptors (Lipinski definition) is 8. The van der Waals surface area contributed by atoms with E-state index in [0.717, 1.165) is 61.1 Å². The van der Waals surface area contributed by atoms with E-state index < -0.39 is 0 Å². The highest BCUT2D eigenvalue weighted by Gasteiger charge is 2.24. The van der Waals surface area contributed by atoms with Gasteiger partial charge in [-0.05, 0) is 61.4 Å². The smallest absolute Gasteiger partial charge is 0.269 e. The van der Waals surface area contributed by atoms with Crippen molar-refractivity contribution < 1.29 is 14.3 Å². The number of nitrogens with one attached hydrogen (secondary N) is 2. The van der Waals surface area contributed by atoms with Crippen molar-refractivity contribution in [2.75, 3.05) is 25.6 Å². The van der Waals surface area contributed by atoms with Gasteiger partial charge in [-0.1, -0.05) is 6.08 Å². The number of carbonyl (C=O) groups is 1. The first-order valence-electron chi connectivity index (χ1n) is 11.7. The summed E-state index contributed by atoms with van der Waals surface area (Å²) in [5.74, 6) is 1.03. The molecule has 0 atom stereocenters. The van der Waals surface area contributed by atoms with Gasteiger partial charge in [-0.3, -0.25) is 9.78 Å². The van der Waals surface area contributed by atoms with E-state index in [4.69, 9.17) is 9.47 Å². The number of aromatic nitrogens is 4. The molecule has 176 valence electrons. The summed E-state index contributed by atoms with van der Waals surface area (Å²) >= 11 is 0. The molecule has 2 N–H and O–H groups in total. The van der Waals surface area contributed by atoms with Crippen molar-refractivity contribution in [3.05, 3.63) is 54.1 Å². The predicted molar refractivity (Wildman–Crippen MR) is 129 cm³/mol. The van der Waals surface area contributed by atoms with Gasteiger partial charge in [-0.2, -0.15) is 0 Å². The Bertz CT molecular complexity index is 1210. The topological polar surface area (TPSA) is 111 Å². The molecule has 0 saturated heterocycles. The van der Waals surface area contributed by atoms with Crippen LogP contribution in [-0.4, -0.2) is 58.3 Å². The fraction of sp³-hybridized carbons (Fsp3) is 0.400. The Morgan fingerprint density at radius 3 is 2.74 bits per heavy atom. The summed E-state index contributed by atoms with van der Waals surface area (Å²) in [6, 6.07) is 6.01. The van der Waals surface area contributed by atoms with Gasteiger partial charge in [-0.15, -0.1) is 0 Å². The van der Waals surface area contributed by atoms with E-state index in [0.29, 0.717) is 18.2 Å². The molecule has 1 aromatic carbocycles. The average Bonchev–Trinajstić information content (AvgIpc) is 2.90. The van der Waals surface area contributed by atoms with E-state index >= 15 is 0 Å². The van der Waals surface area contributed by atoms with Crippen molar-refractivity contribution in [3.8, 4) is 5.75 Å². The molecule has 1 saturated carbocycles. The Hall–Kier alpha value is -3.59. The summed E-state index contributed by atoms with van der Waals surface area (Å²) < 4.78 is 12.0. The lowest BCUT2D eigenvalue weighted by Gasteiger charge is -2.30. The lowest BCUT2D eigenvalue weighted by atomic mass is 9.93. The normalized spacial score (nSPS) is 20.4. The highest BCUT2D eigenvalue weighted by atomic mass is 16.5. The van der Waals surface area contributed by atoms with Gasteiger partial charge < -0.3 is 20.1 Å². The maximum absolute atomic E-state index is 11.8. The van der Waals surface area contributed by atoms with Gasteiger partial charge in [0.25, 0.3) is 5.91 Å². The van der Waals surface area contributed by atoms with Gasteiger partial charge in [-0.25, -0.2) is 15.0 Å². The number of anilines is 1. The van der Waals surface area contributed by atoms with Crippen molar-refractivity contribution >= 4 is 28.5 Å². The third kappa shape index (κ3) is 4.99. The molecule has 0 spiro atoms. The van der Waals surface area contributed by atoms with E-state index in [1.165, 1.54) is 5.57 Å². The second kappa shape index (κ2) is 10.1. The molecule has 1 aliphatic heterocycles. The zero-order valence-electron chi connectivity index (χ0n) is 19.2. The van der Waals surface area contributed by atoms with Crippen LogP contribution in [0.4, 0.5) is 5.95 Å². The molecule has 5 rings (SSSR count). The fourth-order valence-corrected chi connectivity index (χ4v) is 4.48. The van der Waals surface area contributed by atoms with Gasteiger partial charge in [0.05, 0.1) is 24.8 Å². The maximum atomic E-state index is 11.8. The van der Waals surface area contributed by atoms with Crippen LogP contribution in [0.5, 0.6) is 5.75 Å². The van der Waals surface area contributed by atoms with Crippen molar-refractivity contribution in [2.45, 2.75) is 44.2 Å². The first-order valence-corrected chi connectivity index (χ1v) is 11.7.